The highest BCUT2D eigenvalue weighted by Crippen LogP contribution is 2.13. The third-order valence-electron chi connectivity index (χ3n) is 2.52. The number of nitrogens with two attached hydrogens (primary N) is 1. The largest absolute Gasteiger partial charge is 0.472 e. The van der Waals surface area contributed by atoms with Gasteiger partial charge in [-0.15, -0.1) is 0 Å². The van der Waals surface area contributed by atoms with Gasteiger partial charge in [0.2, 0.25) is 0 Å². The van der Waals surface area contributed by atoms with E-state index in [1.165, 1.54) is 10.9 Å². The summed E-state index contributed by atoms with van der Waals surface area (Å²) in [5.74, 6) is -0.163. The number of carbonyl (C=O) groups is 1. The van der Waals surface area contributed by atoms with Gasteiger partial charge < -0.3 is 15.1 Å². The first-order valence-electron chi connectivity index (χ1n) is 5.13. The fourth-order valence-corrected chi connectivity index (χ4v) is 1.63. The van der Waals surface area contributed by atoms with Gasteiger partial charge in [-0.05, 0) is 6.07 Å². The summed E-state index contributed by atoms with van der Waals surface area (Å²) in [5, 5.41) is 3.94. The number of nitrogens with zero attached hydrogens (tertiary/aromatic N) is 3. The molecule has 0 unspecified atom stereocenters. The molecule has 0 aliphatic carbocycles. The Hall–Kier alpha value is -2.24. The maximum absolute atomic E-state index is 12.1. The number of nitrogen functional groups attached to an aromatic ring is 1. The first-order chi connectivity index (χ1) is 8.09. The van der Waals surface area contributed by atoms with Crippen LogP contribution < -0.4 is 5.73 Å². The van der Waals surface area contributed by atoms with Crippen LogP contribution in [0, 0.1) is 0 Å². The third-order valence-corrected chi connectivity index (χ3v) is 2.52. The topological polar surface area (TPSA) is 77.3 Å². The van der Waals surface area contributed by atoms with Gasteiger partial charge in [-0.1, -0.05) is 0 Å². The van der Waals surface area contributed by atoms with Crippen LogP contribution in [0.1, 0.15) is 16.1 Å². The molecule has 0 aliphatic heterocycles. The predicted molar refractivity (Wildman–Crippen MR) is 62.1 cm³/mol. The van der Waals surface area contributed by atoms with Gasteiger partial charge in [0.05, 0.1) is 24.4 Å². The molecule has 6 heteroatoms. The van der Waals surface area contributed by atoms with E-state index in [-0.39, 0.29) is 5.91 Å². The van der Waals surface area contributed by atoms with E-state index in [0.29, 0.717) is 17.9 Å². The average molecular weight is 234 g/mol. The monoisotopic (exact) mass is 234 g/mol. The molecule has 0 spiro atoms. The standard InChI is InChI=1S/C11H14N4O2/c1-14(6-8-3-4-17-7-8)11(16)10-9(12)5-13-15(10)2/h3-5,7H,6,12H2,1-2H3. The lowest BCUT2D eigenvalue weighted by Gasteiger charge is -2.16. The quantitative estimate of drug-likeness (QED) is 0.854. The van der Waals surface area contributed by atoms with Crippen molar-refractivity contribution in [3.63, 3.8) is 0 Å². The molecule has 0 saturated carbocycles. The first kappa shape index (κ1) is 11.3. The second-order valence-electron chi connectivity index (χ2n) is 3.86. The summed E-state index contributed by atoms with van der Waals surface area (Å²) < 4.78 is 6.43. The van der Waals surface area contributed by atoms with Crippen molar-refractivity contribution in [3.8, 4) is 0 Å². The van der Waals surface area contributed by atoms with Gasteiger partial charge in [-0.3, -0.25) is 9.48 Å². The lowest BCUT2D eigenvalue weighted by atomic mass is 10.3. The van der Waals surface area contributed by atoms with E-state index in [2.05, 4.69) is 5.10 Å². The van der Waals surface area contributed by atoms with Crippen molar-refractivity contribution < 1.29 is 9.21 Å². The summed E-state index contributed by atoms with van der Waals surface area (Å²) in [7, 11) is 3.40. The van der Waals surface area contributed by atoms with E-state index < -0.39 is 0 Å². The summed E-state index contributed by atoms with van der Waals surface area (Å²) >= 11 is 0. The Kier molecular flexibility index (Phi) is 2.86. The summed E-state index contributed by atoms with van der Waals surface area (Å²) in [4.78, 5) is 13.7. The van der Waals surface area contributed by atoms with Crippen LogP contribution in [0.4, 0.5) is 5.69 Å². The van der Waals surface area contributed by atoms with Crippen molar-refractivity contribution in [1.82, 2.24) is 14.7 Å². The average Bonchev–Trinajstić information content (AvgIpc) is 2.89. The molecular formula is C11H14N4O2. The molecule has 2 aromatic rings. The molecule has 0 aliphatic rings. The van der Waals surface area contributed by atoms with E-state index in [1.807, 2.05) is 6.07 Å². The van der Waals surface area contributed by atoms with E-state index in [4.69, 9.17) is 10.2 Å². The van der Waals surface area contributed by atoms with Crippen LogP contribution in [0.15, 0.2) is 29.2 Å². The SMILES string of the molecule is CN(Cc1ccoc1)C(=O)c1c(N)cnn1C. The second-order valence-corrected chi connectivity index (χ2v) is 3.86. The maximum Gasteiger partial charge on any atom is 0.274 e. The number of hydrogen-bond acceptors (Lipinski definition) is 4. The molecule has 2 N–H and O–H groups in total. The number of furan rings is 1. The summed E-state index contributed by atoms with van der Waals surface area (Å²) in [6.45, 7) is 0.472. The van der Waals surface area contributed by atoms with E-state index in [1.54, 1.807) is 31.5 Å². The number of aryl methyl sites for hydroxylation is 1. The Bertz CT molecular complexity index is 496. The Morgan fingerprint density at radius 1 is 1.65 bits per heavy atom. The summed E-state index contributed by atoms with van der Waals surface area (Å²) in [6, 6.07) is 1.82. The Labute approximate surface area is 98.6 Å². The molecule has 2 rings (SSSR count). The van der Waals surface area contributed by atoms with Crippen molar-refractivity contribution in [2.45, 2.75) is 6.54 Å². The van der Waals surface area contributed by atoms with Gasteiger partial charge in [0.25, 0.3) is 5.91 Å². The Morgan fingerprint density at radius 2 is 2.41 bits per heavy atom. The zero-order chi connectivity index (χ0) is 12.4. The lowest BCUT2D eigenvalue weighted by Crippen LogP contribution is -2.28. The molecule has 0 radical (unpaired) electrons. The molecule has 0 atom stereocenters. The summed E-state index contributed by atoms with van der Waals surface area (Å²) in [6.07, 6.45) is 4.65. The normalized spacial score (nSPS) is 10.5. The van der Waals surface area contributed by atoms with Crippen molar-refractivity contribution in [2.24, 2.45) is 7.05 Å². The van der Waals surface area contributed by atoms with Crippen LogP contribution in [0.25, 0.3) is 0 Å². The molecule has 0 saturated heterocycles. The van der Waals surface area contributed by atoms with Crippen LogP contribution in [0.5, 0.6) is 0 Å². The highest BCUT2D eigenvalue weighted by molar-refractivity contribution is 5.97. The van der Waals surface area contributed by atoms with Crippen LogP contribution in [-0.2, 0) is 13.6 Å². The number of hydrogen-bond donors (Lipinski definition) is 1. The van der Waals surface area contributed by atoms with Gasteiger partial charge >= 0.3 is 0 Å². The van der Waals surface area contributed by atoms with E-state index >= 15 is 0 Å². The van der Waals surface area contributed by atoms with E-state index in [9.17, 15) is 4.79 Å². The Morgan fingerprint density at radius 3 is 2.94 bits per heavy atom. The van der Waals surface area contributed by atoms with Gasteiger partial charge in [-0.25, -0.2) is 0 Å². The third kappa shape index (κ3) is 2.15. The number of aromatic nitrogens is 2. The number of rotatable bonds is 3. The summed E-state index contributed by atoms with van der Waals surface area (Å²) in [5.41, 5.74) is 7.42. The molecular weight excluding hydrogens is 220 g/mol. The minimum atomic E-state index is -0.163. The van der Waals surface area contributed by atoms with Crippen LogP contribution in [-0.4, -0.2) is 27.6 Å². The van der Waals surface area contributed by atoms with Gasteiger partial charge in [0, 0.05) is 26.2 Å². The van der Waals surface area contributed by atoms with Crippen LogP contribution in [0.3, 0.4) is 0 Å². The molecule has 2 aromatic heterocycles. The van der Waals surface area contributed by atoms with Gasteiger partial charge in [0.1, 0.15) is 5.69 Å². The predicted octanol–water partition coefficient (Wildman–Crippen LogP) is 0.868. The Balaban J connectivity index is 2.15. The lowest BCUT2D eigenvalue weighted by molar-refractivity contribution is 0.0775. The highest BCUT2D eigenvalue weighted by Gasteiger charge is 2.19. The number of carbonyl (C=O) groups excluding carboxylic acids is 1. The first-order valence-corrected chi connectivity index (χ1v) is 5.13. The molecule has 90 valence electrons. The number of amides is 1. The molecule has 1 amide bonds. The molecule has 17 heavy (non-hydrogen) atoms. The van der Waals surface area contributed by atoms with Crippen molar-refractivity contribution in [3.05, 3.63) is 36.0 Å². The van der Waals surface area contributed by atoms with E-state index in [0.717, 1.165) is 5.56 Å². The van der Waals surface area contributed by atoms with Crippen molar-refractivity contribution in [2.75, 3.05) is 12.8 Å². The van der Waals surface area contributed by atoms with Crippen molar-refractivity contribution in [1.29, 1.82) is 0 Å². The second kappa shape index (κ2) is 4.32. The van der Waals surface area contributed by atoms with Crippen molar-refractivity contribution >= 4 is 11.6 Å². The van der Waals surface area contributed by atoms with Gasteiger partial charge in [-0.2, -0.15) is 5.10 Å². The maximum atomic E-state index is 12.1. The fraction of sp³-hybridized carbons (Fsp3) is 0.273. The van der Waals surface area contributed by atoms with Crippen LogP contribution in [0.2, 0.25) is 0 Å². The molecule has 0 bridgehead atoms. The molecule has 6 nitrogen and oxygen atoms in total. The molecule has 0 aromatic carbocycles. The minimum Gasteiger partial charge on any atom is -0.472 e. The smallest absolute Gasteiger partial charge is 0.274 e. The molecule has 0 fully saturated rings. The zero-order valence-corrected chi connectivity index (χ0v) is 9.75. The minimum absolute atomic E-state index is 0.163. The van der Waals surface area contributed by atoms with Gasteiger partial charge in [0.15, 0.2) is 0 Å². The zero-order valence-electron chi connectivity index (χ0n) is 9.75. The fourth-order valence-electron chi connectivity index (χ4n) is 1.63. The highest BCUT2D eigenvalue weighted by atomic mass is 16.3. The van der Waals surface area contributed by atoms with Crippen LogP contribution >= 0.6 is 0 Å². The number of anilines is 1. The molecule has 2 heterocycles.